The number of benzene rings is 1. The highest BCUT2D eigenvalue weighted by Gasteiger charge is 2.52. The van der Waals surface area contributed by atoms with Gasteiger partial charge in [-0.1, -0.05) is 25.0 Å². The zero-order valence-corrected chi connectivity index (χ0v) is 14.5. The minimum atomic E-state index is -1.01. The molecule has 8 nitrogen and oxygen atoms in total. The Bertz CT molecular complexity index is 753. The zero-order valence-electron chi connectivity index (χ0n) is 14.5. The highest BCUT2D eigenvalue weighted by molar-refractivity contribution is 6.09. The van der Waals surface area contributed by atoms with E-state index in [1.165, 1.54) is 17.0 Å². The maximum absolute atomic E-state index is 12.6. The van der Waals surface area contributed by atoms with Gasteiger partial charge in [-0.2, -0.15) is 0 Å². The normalized spacial score (nSPS) is 18.3. The molecule has 2 aliphatic rings. The molecular formula is C18H21N3O5. The number of rotatable bonds is 5. The van der Waals surface area contributed by atoms with Gasteiger partial charge in [0.05, 0.1) is 5.56 Å². The molecule has 2 N–H and O–H groups in total. The van der Waals surface area contributed by atoms with E-state index in [1.807, 2.05) is 0 Å². The summed E-state index contributed by atoms with van der Waals surface area (Å²) in [6.07, 6.45) is 3.02. The summed E-state index contributed by atoms with van der Waals surface area (Å²) in [7, 11) is 1.58. The standard InChI is InChI=1S/C18H21N3O5/c1-20(10-12-4-6-13(7-5-12)15(23)24)14(22)11-21-16(25)18(19-17(21)26)8-2-3-9-18/h4-7H,2-3,8-11H2,1H3,(H,19,26)(H,23,24). The van der Waals surface area contributed by atoms with Crippen LogP contribution in [0.15, 0.2) is 24.3 Å². The maximum Gasteiger partial charge on any atom is 0.335 e. The second kappa shape index (κ2) is 6.78. The molecule has 1 saturated carbocycles. The van der Waals surface area contributed by atoms with Crippen molar-refractivity contribution in [1.82, 2.24) is 15.1 Å². The first-order chi connectivity index (χ1) is 12.3. The molecule has 1 heterocycles. The van der Waals surface area contributed by atoms with Crippen molar-refractivity contribution < 1.29 is 24.3 Å². The van der Waals surface area contributed by atoms with Crippen LogP contribution in [0.5, 0.6) is 0 Å². The van der Waals surface area contributed by atoms with Crippen molar-refractivity contribution in [1.29, 1.82) is 0 Å². The predicted octanol–water partition coefficient (Wildman–Crippen LogP) is 1.21. The summed E-state index contributed by atoms with van der Waals surface area (Å²) in [5.74, 6) is -1.68. The maximum atomic E-state index is 12.6. The smallest absolute Gasteiger partial charge is 0.335 e. The summed E-state index contributed by atoms with van der Waals surface area (Å²) >= 11 is 0. The molecular weight excluding hydrogens is 338 g/mol. The molecule has 1 spiro atoms. The number of hydrogen-bond acceptors (Lipinski definition) is 4. The number of carboxylic acids is 1. The second-order valence-electron chi connectivity index (χ2n) is 6.86. The first-order valence-corrected chi connectivity index (χ1v) is 8.53. The van der Waals surface area contributed by atoms with Gasteiger partial charge < -0.3 is 15.3 Å². The summed E-state index contributed by atoms with van der Waals surface area (Å²) in [6, 6.07) is 5.70. The number of urea groups is 1. The summed E-state index contributed by atoms with van der Waals surface area (Å²) in [5.41, 5.74) is 0.113. The van der Waals surface area contributed by atoms with Gasteiger partial charge in [0.2, 0.25) is 5.91 Å². The van der Waals surface area contributed by atoms with E-state index >= 15 is 0 Å². The number of hydrogen-bond donors (Lipinski definition) is 2. The van der Waals surface area contributed by atoms with Gasteiger partial charge in [-0.3, -0.25) is 14.5 Å². The lowest BCUT2D eigenvalue weighted by molar-refractivity contribution is -0.138. The van der Waals surface area contributed by atoms with Crippen molar-refractivity contribution >= 4 is 23.8 Å². The summed E-state index contributed by atoms with van der Waals surface area (Å²) in [6.45, 7) is -0.0380. The number of carbonyl (C=O) groups excluding carboxylic acids is 3. The fraction of sp³-hybridized carbons (Fsp3) is 0.444. The van der Waals surface area contributed by atoms with E-state index in [0.717, 1.165) is 23.3 Å². The molecule has 0 bridgehead atoms. The van der Waals surface area contributed by atoms with Crippen molar-refractivity contribution in [3.05, 3.63) is 35.4 Å². The van der Waals surface area contributed by atoms with E-state index in [0.29, 0.717) is 12.8 Å². The molecule has 4 amide bonds. The number of nitrogens with one attached hydrogen (secondary N) is 1. The highest BCUT2D eigenvalue weighted by atomic mass is 16.4. The van der Waals surface area contributed by atoms with Gasteiger partial charge >= 0.3 is 12.0 Å². The molecule has 2 fully saturated rings. The topological polar surface area (TPSA) is 107 Å². The third-order valence-corrected chi connectivity index (χ3v) is 5.04. The zero-order chi connectivity index (χ0) is 18.9. The van der Waals surface area contributed by atoms with Gasteiger partial charge in [-0.15, -0.1) is 0 Å². The molecule has 1 aromatic carbocycles. The van der Waals surface area contributed by atoms with Crippen LogP contribution < -0.4 is 5.32 Å². The third kappa shape index (κ3) is 3.26. The lowest BCUT2D eigenvalue weighted by Gasteiger charge is -2.22. The molecule has 1 aliphatic heterocycles. The Hall–Kier alpha value is -2.90. The molecule has 138 valence electrons. The Morgan fingerprint density at radius 1 is 1.19 bits per heavy atom. The fourth-order valence-corrected chi connectivity index (χ4v) is 3.51. The quantitative estimate of drug-likeness (QED) is 0.769. The monoisotopic (exact) mass is 359 g/mol. The molecule has 0 atom stereocenters. The number of carboxylic acid groups (broad SMARTS) is 1. The largest absolute Gasteiger partial charge is 0.478 e. The Labute approximate surface area is 150 Å². The first kappa shape index (κ1) is 17.9. The summed E-state index contributed by atoms with van der Waals surface area (Å²) in [5, 5.41) is 11.7. The lowest BCUT2D eigenvalue weighted by atomic mass is 9.98. The van der Waals surface area contributed by atoms with Gasteiger partial charge in [0.25, 0.3) is 5.91 Å². The summed E-state index contributed by atoms with van der Waals surface area (Å²) < 4.78 is 0. The van der Waals surface area contributed by atoms with Crippen LogP contribution >= 0.6 is 0 Å². The van der Waals surface area contributed by atoms with E-state index < -0.39 is 17.5 Å². The van der Waals surface area contributed by atoms with Gasteiger partial charge in [-0.25, -0.2) is 9.59 Å². The van der Waals surface area contributed by atoms with Crippen LogP contribution in [0.25, 0.3) is 0 Å². The van der Waals surface area contributed by atoms with Crippen LogP contribution in [0.3, 0.4) is 0 Å². The Kier molecular flexibility index (Phi) is 4.67. The molecule has 26 heavy (non-hydrogen) atoms. The van der Waals surface area contributed by atoms with E-state index in [4.69, 9.17) is 5.11 Å². The van der Waals surface area contributed by atoms with Crippen LogP contribution in [0, 0.1) is 0 Å². The number of carbonyl (C=O) groups is 4. The fourth-order valence-electron chi connectivity index (χ4n) is 3.51. The minimum absolute atomic E-state index is 0.170. The number of amides is 4. The number of aromatic carboxylic acids is 1. The van der Waals surface area contributed by atoms with Gasteiger partial charge in [-0.05, 0) is 30.5 Å². The van der Waals surface area contributed by atoms with Crippen LogP contribution in [-0.2, 0) is 16.1 Å². The first-order valence-electron chi connectivity index (χ1n) is 8.53. The number of imide groups is 1. The second-order valence-corrected chi connectivity index (χ2v) is 6.86. The average molecular weight is 359 g/mol. The van der Waals surface area contributed by atoms with E-state index in [1.54, 1.807) is 19.2 Å². The Morgan fingerprint density at radius 2 is 1.81 bits per heavy atom. The highest BCUT2D eigenvalue weighted by Crippen LogP contribution is 2.34. The van der Waals surface area contributed by atoms with Gasteiger partial charge in [0.15, 0.2) is 0 Å². The molecule has 8 heteroatoms. The van der Waals surface area contributed by atoms with Crippen LogP contribution in [0.4, 0.5) is 4.79 Å². The Balaban J connectivity index is 1.61. The lowest BCUT2D eigenvalue weighted by Crippen LogP contribution is -2.45. The van der Waals surface area contributed by atoms with Gasteiger partial charge in [0.1, 0.15) is 12.1 Å². The Morgan fingerprint density at radius 3 is 2.38 bits per heavy atom. The van der Waals surface area contributed by atoms with Crippen molar-refractivity contribution in [2.24, 2.45) is 0 Å². The molecule has 0 radical (unpaired) electrons. The van der Waals surface area contributed by atoms with E-state index in [2.05, 4.69) is 5.32 Å². The number of nitrogens with zero attached hydrogens (tertiary/aromatic N) is 2. The van der Waals surface area contributed by atoms with Crippen LogP contribution in [-0.4, -0.2) is 57.9 Å². The molecule has 3 rings (SSSR count). The average Bonchev–Trinajstić information content (AvgIpc) is 3.16. The van der Waals surface area contributed by atoms with Crippen LogP contribution in [0.2, 0.25) is 0 Å². The SMILES string of the molecule is CN(Cc1ccc(C(=O)O)cc1)C(=O)CN1C(=O)NC2(CCCC2)C1=O. The van der Waals surface area contributed by atoms with Crippen molar-refractivity contribution in [3.63, 3.8) is 0 Å². The third-order valence-electron chi connectivity index (χ3n) is 5.04. The van der Waals surface area contributed by atoms with E-state index in [9.17, 15) is 19.2 Å². The van der Waals surface area contributed by atoms with Crippen molar-refractivity contribution in [2.75, 3.05) is 13.6 Å². The molecule has 0 unspecified atom stereocenters. The molecule has 0 aromatic heterocycles. The number of likely N-dealkylation sites (N-methyl/N-ethyl adjacent to an activating group) is 1. The van der Waals surface area contributed by atoms with E-state index in [-0.39, 0.29) is 30.5 Å². The molecule has 1 saturated heterocycles. The predicted molar refractivity (Wildman–Crippen MR) is 91.3 cm³/mol. The van der Waals surface area contributed by atoms with Crippen LogP contribution in [0.1, 0.15) is 41.6 Å². The minimum Gasteiger partial charge on any atom is -0.478 e. The molecule has 1 aromatic rings. The van der Waals surface area contributed by atoms with Crippen molar-refractivity contribution in [2.45, 2.75) is 37.8 Å². The molecule has 1 aliphatic carbocycles. The van der Waals surface area contributed by atoms with Gasteiger partial charge in [0, 0.05) is 13.6 Å². The summed E-state index contributed by atoms with van der Waals surface area (Å²) in [4.78, 5) is 50.4. The van der Waals surface area contributed by atoms with Crippen molar-refractivity contribution in [3.8, 4) is 0 Å².